The fourth-order valence-corrected chi connectivity index (χ4v) is 6.01. The average molecular weight is 312 g/mol. The van der Waals surface area contributed by atoms with Crippen molar-refractivity contribution in [1.29, 1.82) is 0 Å². The highest BCUT2D eigenvalue weighted by molar-refractivity contribution is 5.87. The Labute approximate surface area is 136 Å². The molecule has 4 heteroatoms. The largest absolute Gasteiger partial charge is 0.368 e. The molecule has 0 spiro atoms. The molecule has 4 fully saturated rings. The van der Waals surface area contributed by atoms with Crippen LogP contribution in [0.3, 0.4) is 0 Å². The summed E-state index contributed by atoms with van der Waals surface area (Å²) in [6, 6.07) is 10.7. The molecule has 4 nitrogen and oxygen atoms in total. The molecule has 0 aliphatic heterocycles. The lowest BCUT2D eigenvalue weighted by atomic mass is 9.42. The molecular formula is C19H24N2O2. The normalized spacial score (nSPS) is 37.6. The molecule has 0 saturated heterocycles. The maximum absolute atomic E-state index is 12.9. The van der Waals surface area contributed by atoms with E-state index in [2.05, 4.69) is 35.6 Å². The van der Waals surface area contributed by atoms with Crippen molar-refractivity contribution in [3.63, 3.8) is 0 Å². The van der Waals surface area contributed by atoms with Gasteiger partial charge in [0.05, 0.1) is 12.0 Å². The van der Waals surface area contributed by atoms with Crippen LogP contribution in [-0.4, -0.2) is 18.4 Å². The first kappa shape index (κ1) is 14.7. The molecule has 2 unspecified atom stereocenters. The number of carbonyl (C=O) groups is 2. The van der Waals surface area contributed by atoms with Crippen LogP contribution in [0, 0.1) is 17.3 Å². The minimum absolute atomic E-state index is 0.0470. The molecule has 4 bridgehead atoms. The van der Waals surface area contributed by atoms with Gasteiger partial charge in [-0.15, -0.1) is 0 Å². The lowest BCUT2D eigenvalue weighted by Gasteiger charge is -2.61. The first-order valence-corrected chi connectivity index (χ1v) is 8.64. The summed E-state index contributed by atoms with van der Waals surface area (Å²) in [5.41, 5.74) is 6.44. The molecule has 4 aliphatic carbocycles. The fourth-order valence-electron chi connectivity index (χ4n) is 6.01. The van der Waals surface area contributed by atoms with Crippen LogP contribution < -0.4 is 11.1 Å². The smallest absolute Gasteiger partial charge is 0.236 e. The minimum atomic E-state index is -0.471. The van der Waals surface area contributed by atoms with E-state index in [1.165, 1.54) is 24.8 Å². The minimum Gasteiger partial charge on any atom is -0.368 e. The summed E-state index contributed by atoms with van der Waals surface area (Å²) in [4.78, 5) is 23.9. The third-order valence-electron chi connectivity index (χ3n) is 6.35. The van der Waals surface area contributed by atoms with Crippen LogP contribution in [0.2, 0.25) is 0 Å². The standard InChI is InChI=1S/C19H24N2O2/c20-16(22)11-21-17(23)19-9-13-6-14(10-19)8-18(7-13,12-19)15-4-2-1-3-5-15/h1-5,13-14H,6-12H2,(H2,20,22)(H,21,23). The fraction of sp³-hybridized carbons (Fsp3) is 0.579. The number of nitrogens with two attached hydrogens (primary N) is 1. The number of benzene rings is 1. The lowest BCUT2D eigenvalue weighted by molar-refractivity contribution is -0.149. The van der Waals surface area contributed by atoms with Gasteiger partial charge in [-0.1, -0.05) is 30.3 Å². The Hall–Kier alpha value is -1.84. The van der Waals surface area contributed by atoms with E-state index in [9.17, 15) is 9.59 Å². The highest BCUT2D eigenvalue weighted by atomic mass is 16.2. The van der Waals surface area contributed by atoms with Crippen molar-refractivity contribution in [2.75, 3.05) is 6.54 Å². The molecule has 3 N–H and O–H groups in total. The van der Waals surface area contributed by atoms with E-state index < -0.39 is 5.91 Å². The maximum Gasteiger partial charge on any atom is 0.236 e. The zero-order valence-electron chi connectivity index (χ0n) is 13.4. The molecule has 4 saturated carbocycles. The summed E-state index contributed by atoms with van der Waals surface area (Å²) in [5.74, 6) is 0.845. The predicted octanol–water partition coefficient (Wildman–Crippen LogP) is 2.13. The first-order valence-electron chi connectivity index (χ1n) is 8.64. The van der Waals surface area contributed by atoms with E-state index in [1.54, 1.807) is 0 Å². The van der Waals surface area contributed by atoms with Crippen LogP contribution >= 0.6 is 0 Å². The zero-order valence-corrected chi connectivity index (χ0v) is 13.4. The second-order valence-corrected chi connectivity index (χ2v) is 8.04. The van der Waals surface area contributed by atoms with Gasteiger partial charge in [-0.05, 0) is 61.3 Å². The number of rotatable bonds is 4. The van der Waals surface area contributed by atoms with Gasteiger partial charge in [-0.25, -0.2) is 0 Å². The van der Waals surface area contributed by atoms with E-state index in [0.717, 1.165) is 19.3 Å². The Bertz CT molecular complexity index is 626. The summed E-state index contributed by atoms with van der Waals surface area (Å²) in [6.45, 7) is -0.0474. The summed E-state index contributed by atoms with van der Waals surface area (Å²) in [7, 11) is 0. The topological polar surface area (TPSA) is 72.2 Å². The molecule has 0 aromatic heterocycles. The number of hydrogen-bond donors (Lipinski definition) is 2. The molecule has 0 radical (unpaired) electrons. The molecule has 2 atom stereocenters. The number of primary amides is 1. The van der Waals surface area contributed by atoms with Gasteiger partial charge in [0, 0.05) is 0 Å². The number of nitrogens with one attached hydrogen (secondary N) is 1. The van der Waals surface area contributed by atoms with Crippen LogP contribution in [0.15, 0.2) is 30.3 Å². The summed E-state index contributed by atoms with van der Waals surface area (Å²) in [5, 5.41) is 2.79. The Balaban J connectivity index is 1.66. The van der Waals surface area contributed by atoms with Crippen molar-refractivity contribution in [2.24, 2.45) is 23.0 Å². The number of carbonyl (C=O) groups excluding carboxylic acids is 2. The van der Waals surface area contributed by atoms with Crippen molar-refractivity contribution >= 4 is 11.8 Å². The van der Waals surface area contributed by atoms with E-state index in [-0.39, 0.29) is 23.3 Å². The zero-order chi connectivity index (χ0) is 16.1. The van der Waals surface area contributed by atoms with Crippen LogP contribution in [0.1, 0.15) is 44.1 Å². The van der Waals surface area contributed by atoms with E-state index in [0.29, 0.717) is 11.8 Å². The van der Waals surface area contributed by atoms with Crippen molar-refractivity contribution < 1.29 is 9.59 Å². The molecule has 5 rings (SSSR count). The number of amides is 2. The molecule has 23 heavy (non-hydrogen) atoms. The monoisotopic (exact) mass is 312 g/mol. The van der Waals surface area contributed by atoms with E-state index in [1.807, 2.05) is 0 Å². The van der Waals surface area contributed by atoms with Gasteiger partial charge in [-0.3, -0.25) is 9.59 Å². The quantitative estimate of drug-likeness (QED) is 0.894. The van der Waals surface area contributed by atoms with Gasteiger partial charge in [0.2, 0.25) is 11.8 Å². The SMILES string of the molecule is NC(=O)CNC(=O)C12CC3CC(C1)CC(c1ccccc1)(C3)C2. The highest BCUT2D eigenvalue weighted by Crippen LogP contribution is 2.65. The Kier molecular flexibility index (Phi) is 3.26. The van der Waals surface area contributed by atoms with Gasteiger partial charge in [0.25, 0.3) is 0 Å². The van der Waals surface area contributed by atoms with Gasteiger partial charge in [0.15, 0.2) is 0 Å². The van der Waals surface area contributed by atoms with Gasteiger partial charge >= 0.3 is 0 Å². The van der Waals surface area contributed by atoms with Gasteiger partial charge in [0.1, 0.15) is 0 Å². The molecular weight excluding hydrogens is 288 g/mol. The Morgan fingerprint density at radius 1 is 1.09 bits per heavy atom. The first-order chi connectivity index (χ1) is 11.0. The summed E-state index contributed by atoms with van der Waals surface area (Å²) < 4.78 is 0. The summed E-state index contributed by atoms with van der Waals surface area (Å²) in [6.07, 6.45) is 6.54. The molecule has 122 valence electrons. The average Bonchev–Trinajstić information content (AvgIpc) is 2.52. The third kappa shape index (κ3) is 2.35. The molecule has 1 aromatic carbocycles. The van der Waals surface area contributed by atoms with Crippen LogP contribution in [-0.2, 0) is 15.0 Å². The molecule has 2 amide bonds. The van der Waals surface area contributed by atoms with E-state index >= 15 is 0 Å². The van der Waals surface area contributed by atoms with Crippen LogP contribution in [0.5, 0.6) is 0 Å². The summed E-state index contributed by atoms with van der Waals surface area (Å²) >= 11 is 0. The van der Waals surface area contributed by atoms with Gasteiger partial charge in [-0.2, -0.15) is 0 Å². The van der Waals surface area contributed by atoms with Crippen molar-refractivity contribution in [2.45, 2.75) is 43.9 Å². The highest BCUT2D eigenvalue weighted by Gasteiger charge is 2.60. The second-order valence-electron chi connectivity index (χ2n) is 8.04. The molecule has 4 aliphatic rings. The van der Waals surface area contributed by atoms with Crippen LogP contribution in [0.25, 0.3) is 0 Å². The Morgan fingerprint density at radius 3 is 2.35 bits per heavy atom. The van der Waals surface area contributed by atoms with E-state index in [4.69, 9.17) is 5.73 Å². The lowest BCUT2D eigenvalue weighted by Crippen LogP contribution is -2.59. The van der Waals surface area contributed by atoms with Crippen LogP contribution in [0.4, 0.5) is 0 Å². The van der Waals surface area contributed by atoms with Crippen molar-refractivity contribution in [3.05, 3.63) is 35.9 Å². The maximum atomic E-state index is 12.9. The Morgan fingerprint density at radius 2 is 1.74 bits per heavy atom. The molecule has 1 aromatic rings. The van der Waals surface area contributed by atoms with Crippen molar-refractivity contribution in [1.82, 2.24) is 5.32 Å². The third-order valence-corrected chi connectivity index (χ3v) is 6.35. The number of hydrogen-bond acceptors (Lipinski definition) is 2. The van der Waals surface area contributed by atoms with Gasteiger partial charge < -0.3 is 11.1 Å². The predicted molar refractivity (Wildman–Crippen MR) is 87.4 cm³/mol. The second kappa shape index (κ2) is 5.08. The molecule has 0 heterocycles. The van der Waals surface area contributed by atoms with Crippen molar-refractivity contribution in [3.8, 4) is 0 Å².